The number of nitrogens with one attached hydrogen (secondary N) is 1. The van der Waals surface area contributed by atoms with Crippen LogP contribution in [0.4, 0.5) is 5.69 Å². The Balaban J connectivity index is 1.96. The number of aromatic nitrogens is 1. The summed E-state index contributed by atoms with van der Waals surface area (Å²) in [5.41, 5.74) is 1.50. The van der Waals surface area contributed by atoms with E-state index in [1.807, 2.05) is 17.0 Å². The van der Waals surface area contributed by atoms with Crippen LogP contribution in [0.25, 0.3) is 0 Å². The Morgan fingerprint density at radius 2 is 2.30 bits per heavy atom. The number of pyridine rings is 1. The predicted octanol–water partition coefficient (Wildman–Crippen LogP) is 1.68. The Bertz CT molecular complexity index is 444. The molecule has 1 aromatic rings. The lowest BCUT2D eigenvalue weighted by atomic mass is 10.2. The highest BCUT2D eigenvalue weighted by Gasteiger charge is 2.28. The fourth-order valence-electron chi connectivity index (χ4n) is 2.40. The molecule has 0 bridgehead atoms. The number of carbonyl (C=O) groups is 1. The van der Waals surface area contributed by atoms with E-state index in [0.29, 0.717) is 11.7 Å². The molecule has 0 saturated carbocycles. The van der Waals surface area contributed by atoms with Gasteiger partial charge >= 0.3 is 0 Å². The average molecular weight is 276 g/mol. The lowest BCUT2D eigenvalue weighted by Gasteiger charge is -2.20. The molecular formula is C15H24N4O. The first-order valence-corrected chi connectivity index (χ1v) is 7.27. The van der Waals surface area contributed by atoms with Gasteiger partial charge < -0.3 is 15.1 Å². The van der Waals surface area contributed by atoms with Crippen molar-refractivity contribution in [3.05, 3.63) is 24.0 Å². The van der Waals surface area contributed by atoms with Gasteiger partial charge in [-0.2, -0.15) is 0 Å². The Kier molecular flexibility index (Phi) is 4.95. The first kappa shape index (κ1) is 14.8. The molecule has 2 rings (SSSR count). The molecule has 5 heteroatoms. The Labute approximate surface area is 121 Å². The molecule has 0 spiro atoms. The first-order valence-electron chi connectivity index (χ1n) is 7.27. The van der Waals surface area contributed by atoms with Gasteiger partial charge in [0.15, 0.2) is 0 Å². The van der Waals surface area contributed by atoms with Crippen molar-refractivity contribution in [3.8, 4) is 0 Å². The summed E-state index contributed by atoms with van der Waals surface area (Å²) in [5, 5.41) is 3.26. The van der Waals surface area contributed by atoms with E-state index in [1.165, 1.54) is 0 Å². The first-order chi connectivity index (χ1) is 9.61. The maximum absolute atomic E-state index is 12.4. The number of rotatable bonds is 5. The lowest BCUT2D eigenvalue weighted by Crippen LogP contribution is -2.34. The molecule has 0 aliphatic carbocycles. The second kappa shape index (κ2) is 6.70. The molecule has 110 valence electrons. The van der Waals surface area contributed by atoms with Gasteiger partial charge in [-0.3, -0.25) is 4.79 Å². The quantitative estimate of drug-likeness (QED) is 0.889. The number of amides is 1. The molecule has 2 heterocycles. The van der Waals surface area contributed by atoms with Crippen molar-refractivity contribution in [1.29, 1.82) is 0 Å². The molecule has 0 aromatic carbocycles. The van der Waals surface area contributed by atoms with Gasteiger partial charge in [-0.15, -0.1) is 0 Å². The van der Waals surface area contributed by atoms with Crippen LogP contribution in [0.15, 0.2) is 18.3 Å². The molecular weight excluding hydrogens is 252 g/mol. The lowest BCUT2D eigenvalue weighted by molar-refractivity contribution is 0.0777. The number of hydrogen-bond acceptors (Lipinski definition) is 4. The molecule has 1 fully saturated rings. The van der Waals surface area contributed by atoms with Gasteiger partial charge in [-0.05, 0) is 39.1 Å². The van der Waals surface area contributed by atoms with Crippen molar-refractivity contribution in [2.45, 2.75) is 25.8 Å². The third-order valence-electron chi connectivity index (χ3n) is 3.74. The van der Waals surface area contributed by atoms with E-state index in [-0.39, 0.29) is 5.91 Å². The third kappa shape index (κ3) is 3.48. The summed E-state index contributed by atoms with van der Waals surface area (Å²) < 4.78 is 0. The molecule has 20 heavy (non-hydrogen) atoms. The monoisotopic (exact) mass is 276 g/mol. The van der Waals surface area contributed by atoms with Crippen molar-refractivity contribution >= 4 is 11.6 Å². The highest BCUT2D eigenvalue weighted by molar-refractivity contribution is 5.92. The van der Waals surface area contributed by atoms with Gasteiger partial charge in [-0.25, -0.2) is 4.98 Å². The zero-order valence-electron chi connectivity index (χ0n) is 12.6. The minimum absolute atomic E-state index is 0.0383. The maximum atomic E-state index is 12.4. The minimum Gasteiger partial charge on any atom is -0.384 e. The van der Waals surface area contributed by atoms with Crippen molar-refractivity contribution in [2.24, 2.45) is 0 Å². The predicted molar refractivity (Wildman–Crippen MR) is 81.0 cm³/mol. The normalized spacial score (nSPS) is 18.6. The van der Waals surface area contributed by atoms with Crippen LogP contribution in [0.5, 0.6) is 0 Å². The number of likely N-dealkylation sites (tertiary alicyclic amines) is 1. The van der Waals surface area contributed by atoms with E-state index in [9.17, 15) is 4.79 Å². The van der Waals surface area contributed by atoms with Crippen molar-refractivity contribution in [3.63, 3.8) is 0 Å². The SMILES string of the molecule is CCCNc1ccc(C(=O)N2CCC(N(C)C)C2)nc1. The van der Waals surface area contributed by atoms with Crippen LogP contribution < -0.4 is 5.32 Å². The molecule has 1 amide bonds. The van der Waals surface area contributed by atoms with Gasteiger partial charge in [0.2, 0.25) is 0 Å². The van der Waals surface area contributed by atoms with Gasteiger partial charge in [0.05, 0.1) is 11.9 Å². The fourth-order valence-corrected chi connectivity index (χ4v) is 2.40. The van der Waals surface area contributed by atoms with E-state index in [0.717, 1.165) is 38.2 Å². The highest BCUT2D eigenvalue weighted by atomic mass is 16.2. The van der Waals surface area contributed by atoms with Crippen LogP contribution >= 0.6 is 0 Å². The molecule has 1 saturated heterocycles. The molecule has 1 aromatic heterocycles. The molecule has 1 atom stereocenters. The van der Waals surface area contributed by atoms with Crippen LogP contribution in [0, 0.1) is 0 Å². The molecule has 1 aliphatic rings. The second-order valence-electron chi connectivity index (χ2n) is 5.52. The largest absolute Gasteiger partial charge is 0.384 e. The third-order valence-corrected chi connectivity index (χ3v) is 3.74. The summed E-state index contributed by atoms with van der Waals surface area (Å²) in [6, 6.07) is 4.20. The molecule has 1 unspecified atom stereocenters. The van der Waals surface area contributed by atoms with E-state index < -0.39 is 0 Å². The number of carbonyl (C=O) groups excluding carboxylic acids is 1. The summed E-state index contributed by atoms with van der Waals surface area (Å²) in [6.45, 7) is 4.65. The zero-order chi connectivity index (χ0) is 14.5. The highest BCUT2D eigenvalue weighted by Crippen LogP contribution is 2.16. The van der Waals surface area contributed by atoms with Gasteiger partial charge in [0.25, 0.3) is 5.91 Å². The fraction of sp³-hybridized carbons (Fsp3) is 0.600. The number of hydrogen-bond donors (Lipinski definition) is 1. The van der Waals surface area contributed by atoms with Crippen LogP contribution in [-0.4, -0.2) is 60.5 Å². The topological polar surface area (TPSA) is 48.5 Å². The Morgan fingerprint density at radius 3 is 2.85 bits per heavy atom. The zero-order valence-corrected chi connectivity index (χ0v) is 12.6. The van der Waals surface area contributed by atoms with E-state index in [4.69, 9.17) is 0 Å². The summed E-state index contributed by atoms with van der Waals surface area (Å²) in [5.74, 6) is 0.0383. The van der Waals surface area contributed by atoms with Gasteiger partial charge in [0, 0.05) is 25.7 Å². The standard InChI is InChI=1S/C15H24N4O/c1-4-8-16-12-5-6-14(17-10-12)15(20)19-9-7-13(11-19)18(2)3/h5-6,10,13,16H,4,7-9,11H2,1-3H3. The number of likely N-dealkylation sites (N-methyl/N-ethyl adjacent to an activating group) is 1. The minimum atomic E-state index is 0.0383. The average Bonchev–Trinajstić information content (AvgIpc) is 2.95. The van der Waals surface area contributed by atoms with E-state index in [1.54, 1.807) is 6.20 Å². The smallest absolute Gasteiger partial charge is 0.272 e. The summed E-state index contributed by atoms with van der Waals surface area (Å²) >= 11 is 0. The van der Waals surface area contributed by atoms with Crippen LogP contribution in [-0.2, 0) is 0 Å². The number of nitrogens with zero attached hydrogens (tertiary/aromatic N) is 3. The van der Waals surface area contributed by atoms with E-state index >= 15 is 0 Å². The van der Waals surface area contributed by atoms with Crippen LogP contribution in [0.2, 0.25) is 0 Å². The number of anilines is 1. The summed E-state index contributed by atoms with van der Waals surface area (Å²) in [4.78, 5) is 20.7. The van der Waals surface area contributed by atoms with Crippen LogP contribution in [0.1, 0.15) is 30.3 Å². The molecule has 1 aliphatic heterocycles. The Hall–Kier alpha value is -1.62. The van der Waals surface area contributed by atoms with Crippen molar-refractivity contribution in [2.75, 3.05) is 39.0 Å². The molecule has 5 nitrogen and oxygen atoms in total. The van der Waals surface area contributed by atoms with Crippen LogP contribution in [0.3, 0.4) is 0 Å². The van der Waals surface area contributed by atoms with Crippen molar-refractivity contribution in [1.82, 2.24) is 14.8 Å². The summed E-state index contributed by atoms with van der Waals surface area (Å²) in [7, 11) is 4.12. The van der Waals surface area contributed by atoms with E-state index in [2.05, 4.69) is 36.2 Å². The Morgan fingerprint density at radius 1 is 1.50 bits per heavy atom. The van der Waals surface area contributed by atoms with Crippen molar-refractivity contribution < 1.29 is 4.79 Å². The second-order valence-corrected chi connectivity index (χ2v) is 5.52. The maximum Gasteiger partial charge on any atom is 0.272 e. The molecule has 0 radical (unpaired) electrons. The van der Waals surface area contributed by atoms with Gasteiger partial charge in [0.1, 0.15) is 5.69 Å². The molecule has 1 N–H and O–H groups in total. The summed E-state index contributed by atoms with van der Waals surface area (Å²) in [6.07, 6.45) is 3.84. The van der Waals surface area contributed by atoms with Gasteiger partial charge in [-0.1, -0.05) is 6.92 Å².